The molecule has 0 radical (unpaired) electrons. The van der Waals surface area contributed by atoms with Gasteiger partial charge in [0.2, 0.25) is 0 Å². The van der Waals surface area contributed by atoms with E-state index in [0.29, 0.717) is 11.6 Å². The smallest absolute Gasteiger partial charge is 0.150 e. The van der Waals surface area contributed by atoms with Gasteiger partial charge >= 0.3 is 0 Å². The largest absolute Gasteiger partial charge is 0.383 e. The summed E-state index contributed by atoms with van der Waals surface area (Å²) in [4.78, 5) is 8.86. The Morgan fingerprint density at radius 2 is 1.80 bits per heavy atom. The maximum absolute atomic E-state index is 6.08. The summed E-state index contributed by atoms with van der Waals surface area (Å²) >= 11 is 3.60. The summed E-state index contributed by atoms with van der Waals surface area (Å²) in [6, 6.07) is 8.09. The van der Waals surface area contributed by atoms with E-state index in [4.69, 9.17) is 5.73 Å². The fourth-order valence-corrected chi connectivity index (χ4v) is 3.00. The van der Waals surface area contributed by atoms with Crippen molar-refractivity contribution < 1.29 is 0 Å². The van der Waals surface area contributed by atoms with Crippen molar-refractivity contribution in [3.05, 3.63) is 45.8 Å². The second kappa shape index (κ2) is 4.59. The maximum Gasteiger partial charge on any atom is 0.150 e. The van der Waals surface area contributed by atoms with Gasteiger partial charge in [-0.25, -0.2) is 9.97 Å². The first kappa shape index (κ1) is 13.1. The number of benzene rings is 1. The fraction of sp³-hybridized carbons (Fsp3) is 0.200. The van der Waals surface area contributed by atoms with E-state index in [-0.39, 0.29) is 0 Å². The molecule has 2 aromatic heterocycles. The highest BCUT2D eigenvalue weighted by Gasteiger charge is 2.18. The van der Waals surface area contributed by atoms with Crippen molar-refractivity contribution in [2.75, 3.05) is 5.73 Å². The summed E-state index contributed by atoms with van der Waals surface area (Å²) in [5.41, 5.74) is 10.2. The summed E-state index contributed by atoms with van der Waals surface area (Å²) in [5.74, 6) is 1.22. The summed E-state index contributed by atoms with van der Waals surface area (Å²) in [7, 11) is 0. The zero-order chi connectivity index (χ0) is 14.4. The standard InChI is InChI=1S/C15H15BrN4/c1-8-9(2)20(12-7-5-4-6-11(12)16)15-13(8)14(17)18-10(3)19-15/h4-7H,1-3H3,(H2,17,18,19). The van der Waals surface area contributed by atoms with Crippen LogP contribution in [0.15, 0.2) is 28.7 Å². The van der Waals surface area contributed by atoms with E-state index < -0.39 is 0 Å². The molecule has 0 saturated heterocycles. The van der Waals surface area contributed by atoms with Crippen LogP contribution in [0.4, 0.5) is 5.82 Å². The average Bonchev–Trinajstić information content (AvgIpc) is 2.63. The predicted molar refractivity (Wildman–Crippen MR) is 85.2 cm³/mol. The van der Waals surface area contributed by atoms with Crippen LogP contribution in [0, 0.1) is 20.8 Å². The quantitative estimate of drug-likeness (QED) is 0.740. The van der Waals surface area contributed by atoms with Gasteiger partial charge in [0, 0.05) is 10.2 Å². The molecule has 0 aliphatic rings. The van der Waals surface area contributed by atoms with Crippen molar-refractivity contribution in [2.45, 2.75) is 20.8 Å². The number of anilines is 1. The van der Waals surface area contributed by atoms with Crippen LogP contribution in [-0.2, 0) is 0 Å². The minimum Gasteiger partial charge on any atom is -0.383 e. The van der Waals surface area contributed by atoms with Crippen LogP contribution in [0.2, 0.25) is 0 Å². The Morgan fingerprint density at radius 3 is 2.50 bits per heavy atom. The third kappa shape index (κ3) is 1.81. The van der Waals surface area contributed by atoms with Crippen LogP contribution in [0.5, 0.6) is 0 Å². The molecule has 0 aliphatic carbocycles. The molecule has 3 aromatic rings. The number of aromatic nitrogens is 3. The Balaban J connectivity index is 2.48. The molecule has 4 nitrogen and oxygen atoms in total. The number of hydrogen-bond acceptors (Lipinski definition) is 3. The highest BCUT2D eigenvalue weighted by molar-refractivity contribution is 9.10. The van der Waals surface area contributed by atoms with Crippen molar-refractivity contribution >= 4 is 32.8 Å². The minimum absolute atomic E-state index is 0.541. The summed E-state index contributed by atoms with van der Waals surface area (Å²) in [6.07, 6.45) is 0. The molecule has 0 spiro atoms. The second-order valence-corrected chi connectivity index (χ2v) is 5.71. The Morgan fingerprint density at radius 1 is 1.10 bits per heavy atom. The van der Waals surface area contributed by atoms with Gasteiger partial charge in [0.25, 0.3) is 0 Å². The first-order chi connectivity index (χ1) is 9.50. The van der Waals surface area contributed by atoms with E-state index in [0.717, 1.165) is 32.5 Å². The molecular weight excluding hydrogens is 316 g/mol. The summed E-state index contributed by atoms with van der Waals surface area (Å²) in [5, 5.41) is 0.934. The SMILES string of the molecule is Cc1nc(N)c2c(C)c(C)n(-c3ccccc3Br)c2n1. The minimum atomic E-state index is 0.541. The molecule has 0 aliphatic heterocycles. The summed E-state index contributed by atoms with van der Waals surface area (Å²) < 4.78 is 3.15. The third-order valence-corrected chi connectivity index (χ3v) is 4.26. The van der Waals surface area contributed by atoms with Gasteiger partial charge in [0.05, 0.1) is 11.1 Å². The van der Waals surface area contributed by atoms with Gasteiger partial charge in [0.15, 0.2) is 5.65 Å². The maximum atomic E-state index is 6.08. The number of rotatable bonds is 1. The molecule has 0 atom stereocenters. The summed E-state index contributed by atoms with van der Waals surface area (Å²) in [6.45, 7) is 5.99. The van der Waals surface area contributed by atoms with Gasteiger partial charge in [-0.2, -0.15) is 0 Å². The van der Waals surface area contributed by atoms with Gasteiger partial charge in [-0.1, -0.05) is 12.1 Å². The molecule has 0 unspecified atom stereocenters. The third-order valence-electron chi connectivity index (χ3n) is 3.59. The van der Waals surface area contributed by atoms with Crippen LogP contribution in [-0.4, -0.2) is 14.5 Å². The molecular formula is C15H15BrN4. The Kier molecular flexibility index (Phi) is 3.01. The number of nitrogens with zero attached hydrogens (tertiary/aromatic N) is 3. The first-order valence-corrected chi connectivity index (χ1v) is 7.16. The van der Waals surface area contributed by atoms with Crippen LogP contribution in [0.3, 0.4) is 0 Å². The molecule has 0 amide bonds. The number of nitrogen functional groups attached to an aromatic ring is 1. The molecule has 20 heavy (non-hydrogen) atoms. The van der Waals surface area contributed by atoms with Crippen LogP contribution in [0.25, 0.3) is 16.7 Å². The molecule has 1 aromatic carbocycles. The van der Waals surface area contributed by atoms with E-state index in [2.05, 4.69) is 50.4 Å². The Bertz CT molecular complexity index is 820. The lowest BCUT2D eigenvalue weighted by molar-refractivity contribution is 0.991. The molecule has 102 valence electrons. The normalized spacial score (nSPS) is 11.2. The number of nitrogens with two attached hydrogens (primary N) is 1. The van der Waals surface area contributed by atoms with Gasteiger partial charge in [-0.05, 0) is 54.4 Å². The van der Waals surface area contributed by atoms with Crippen LogP contribution in [0.1, 0.15) is 17.1 Å². The second-order valence-electron chi connectivity index (χ2n) is 4.85. The van der Waals surface area contributed by atoms with Crippen molar-refractivity contribution in [3.8, 4) is 5.69 Å². The lowest BCUT2D eigenvalue weighted by Gasteiger charge is -2.10. The zero-order valence-electron chi connectivity index (χ0n) is 11.6. The number of halogens is 1. The Hall–Kier alpha value is -1.88. The zero-order valence-corrected chi connectivity index (χ0v) is 13.2. The average molecular weight is 331 g/mol. The first-order valence-electron chi connectivity index (χ1n) is 6.37. The van der Waals surface area contributed by atoms with Gasteiger partial charge < -0.3 is 5.73 Å². The molecule has 3 rings (SSSR count). The molecule has 5 heteroatoms. The van der Waals surface area contributed by atoms with Crippen LogP contribution >= 0.6 is 15.9 Å². The van der Waals surface area contributed by atoms with Crippen molar-refractivity contribution in [2.24, 2.45) is 0 Å². The fourth-order valence-electron chi connectivity index (χ4n) is 2.54. The number of hydrogen-bond donors (Lipinski definition) is 1. The van der Waals surface area contributed by atoms with Gasteiger partial charge in [-0.15, -0.1) is 0 Å². The van der Waals surface area contributed by atoms with Crippen molar-refractivity contribution in [1.82, 2.24) is 14.5 Å². The molecule has 0 bridgehead atoms. The van der Waals surface area contributed by atoms with Crippen molar-refractivity contribution in [3.63, 3.8) is 0 Å². The highest BCUT2D eigenvalue weighted by Crippen LogP contribution is 2.32. The molecule has 0 saturated carbocycles. The topological polar surface area (TPSA) is 56.7 Å². The van der Waals surface area contributed by atoms with Crippen molar-refractivity contribution in [1.29, 1.82) is 0 Å². The van der Waals surface area contributed by atoms with Gasteiger partial charge in [-0.3, -0.25) is 4.57 Å². The Labute approximate surface area is 125 Å². The molecule has 2 heterocycles. The predicted octanol–water partition coefficient (Wildman–Crippen LogP) is 3.69. The van der Waals surface area contributed by atoms with Crippen LogP contribution < -0.4 is 5.73 Å². The highest BCUT2D eigenvalue weighted by atomic mass is 79.9. The molecule has 2 N–H and O–H groups in total. The number of aryl methyl sites for hydroxylation is 2. The van der Waals surface area contributed by atoms with E-state index >= 15 is 0 Å². The van der Waals surface area contributed by atoms with E-state index in [1.165, 1.54) is 0 Å². The number of fused-ring (bicyclic) bond motifs is 1. The van der Waals surface area contributed by atoms with E-state index in [1.807, 2.05) is 25.1 Å². The molecule has 0 fully saturated rings. The lowest BCUT2D eigenvalue weighted by Crippen LogP contribution is -2.02. The monoisotopic (exact) mass is 330 g/mol. The van der Waals surface area contributed by atoms with E-state index in [9.17, 15) is 0 Å². The van der Waals surface area contributed by atoms with Gasteiger partial charge in [0.1, 0.15) is 11.6 Å². The van der Waals surface area contributed by atoms with E-state index in [1.54, 1.807) is 0 Å². The lowest BCUT2D eigenvalue weighted by atomic mass is 10.2. The number of para-hydroxylation sites is 1.